The second-order valence-electron chi connectivity index (χ2n) is 5.01. The van der Waals surface area contributed by atoms with Gasteiger partial charge in [0.15, 0.2) is 5.78 Å². The topological polar surface area (TPSA) is 44.1 Å². The molecule has 0 saturated heterocycles. The van der Waals surface area contributed by atoms with E-state index in [2.05, 4.69) is 5.10 Å². The highest BCUT2D eigenvalue weighted by Crippen LogP contribution is 2.15. The molecule has 4 nitrogen and oxygen atoms in total. The number of ether oxygens (including phenoxy) is 1. The molecule has 0 N–H and O–H groups in total. The zero-order chi connectivity index (χ0) is 15.2. The van der Waals surface area contributed by atoms with Crippen LogP contribution in [0.15, 0.2) is 42.7 Å². The summed E-state index contributed by atoms with van der Waals surface area (Å²) >= 11 is 0. The highest BCUT2D eigenvalue weighted by atomic mass is 16.5. The van der Waals surface area contributed by atoms with Crippen molar-refractivity contribution in [3.05, 3.63) is 53.9 Å². The summed E-state index contributed by atoms with van der Waals surface area (Å²) in [5.41, 5.74) is 1.53. The van der Waals surface area contributed by atoms with E-state index in [9.17, 15) is 4.79 Å². The van der Waals surface area contributed by atoms with E-state index >= 15 is 0 Å². The van der Waals surface area contributed by atoms with Crippen LogP contribution in [-0.2, 0) is 0 Å². The van der Waals surface area contributed by atoms with Gasteiger partial charge in [-0.15, -0.1) is 0 Å². The largest absolute Gasteiger partial charge is 0.494 e. The molecule has 1 heterocycles. The smallest absolute Gasteiger partial charge is 0.189 e. The molecule has 4 heteroatoms. The highest BCUT2D eigenvalue weighted by Gasteiger charge is 2.07. The van der Waals surface area contributed by atoms with Gasteiger partial charge in [-0.1, -0.05) is 18.2 Å². The van der Waals surface area contributed by atoms with Crippen LogP contribution in [0.25, 0.3) is 6.08 Å². The molecule has 0 radical (unpaired) electrons. The van der Waals surface area contributed by atoms with Crippen LogP contribution in [0, 0.1) is 0 Å². The molecule has 0 fully saturated rings. The Kier molecular flexibility index (Phi) is 4.93. The van der Waals surface area contributed by atoms with E-state index in [0.29, 0.717) is 12.2 Å². The standard InChI is InChI=1S/C17H20N2O2/c1-4-21-16-7-5-6-14(10-16)8-9-17(20)15-11-18-19(12-15)13(2)3/h5-13H,4H2,1-3H3. The first kappa shape index (κ1) is 15.0. The first-order valence-corrected chi connectivity index (χ1v) is 7.09. The van der Waals surface area contributed by atoms with E-state index in [1.807, 2.05) is 45.0 Å². The van der Waals surface area contributed by atoms with E-state index in [4.69, 9.17) is 4.74 Å². The summed E-state index contributed by atoms with van der Waals surface area (Å²) in [4.78, 5) is 12.1. The van der Waals surface area contributed by atoms with E-state index < -0.39 is 0 Å². The van der Waals surface area contributed by atoms with Crippen molar-refractivity contribution in [1.82, 2.24) is 9.78 Å². The lowest BCUT2D eigenvalue weighted by molar-refractivity contribution is 0.104. The maximum Gasteiger partial charge on any atom is 0.189 e. The lowest BCUT2D eigenvalue weighted by Crippen LogP contribution is -2.00. The lowest BCUT2D eigenvalue weighted by atomic mass is 10.1. The van der Waals surface area contributed by atoms with Gasteiger partial charge in [0, 0.05) is 12.2 Å². The molecule has 0 spiro atoms. The van der Waals surface area contributed by atoms with Gasteiger partial charge < -0.3 is 4.74 Å². The predicted molar refractivity (Wildman–Crippen MR) is 83.6 cm³/mol. The second-order valence-corrected chi connectivity index (χ2v) is 5.01. The van der Waals surface area contributed by atoms with E-state index in [1.54, 1.807) is 29.2 Å². The van der Waals surface area contributed by atoms with Gasteiger partial charge in [0.1, 0.15) is 5.75 Å². The number of hydrogen-bond donors (Lipinski definition) is 0. The molecule has 0 saturated carbocycles. The number of rotatable bonds is 6. The third kappa shape index (κ3) is 4.05. The predicted octanol–water partition coefficient (Wildman–Crippen LogP) is 3.76. The van der Waals surface area contributed by atoms with Crippen molar-refractivity contribution in [1.29, 1.82) is 0 Å². The fourth-order valence-corrected chi connectivity index (χ4v) is 1.89. The Morgan fingerprint density at radius 3 is 2.90 bits per heavy atom. The molecule has 2 rings (SSSR count). The minimum atomic E-state index is -0.0521. The summed E-state index contributed by atoms with van der Waals surface area (Å²) in [5, 5.41) is 4.17. The van der Waals surface area contributed by atoms with Crippen LogP contribution in [0.3, 0.4) is 0 Å². The van der Waals surface area contributed by atoms with Crippen molar-refractivity contribution in [3.8, 4) is 5.75 Å². The molecule has 110 valence electrons. The molecular formula is C17H20N2O2. The van der Waals surface area contributed by atoms with Crippen LogP contribution in [0.4, 0.5) is 0 Å². The quantitative estimate of drug-likeness (QED) is 0.599. The summed E-state index contributed by atoms with van der Waals surface area (Å²) in [6.45, 7) is 6.62. The van der Waals surface area contributed by atoms with Gasteiger partial charge in [0.05, 0.1) is 18.4 Å². The molecule has 0 bridgehead atoms. The normalized spacial score (nSPS) is 11.2. The average Bonchev–Trinajstić information content (AvgIpc) is 2.96. The van der Waals surface area contributed by atoms with Gasteiger partial charge >= 0.3 is 0 Å². The molecule has 21 heavy (non-hydrogen) atoms. The number of benzene rings is 1. The Labute approximate surface area is 125 Å². The van der Waals surface area contributed by atoms with Crippen molar-refractivity contribution in [3.63, 3.8) is 0 Å². The van der Waals surface area contributed by atoms with Crippen LogP contribution in [0.1, 0.15) is 42.7 Å². The maximum atomic E-state index is 12.1. The summed E-state index contributed by atoms with van der Waals surface area (Å²) < 4.78 is 7.21. The summed E-state index contributed by atoms with van der Waals surface area (Å²) in [5.74, 6) is 0.753. The third-order valence-electron chi connectivity index (χ3n) is 3.01. The molecular weight excluding hydrogens is 264 g/mol. The van der Waals surface area contributed by atoms with Gasteiger partial charge in [-0.3, -0.25) is 9.48 Å². The number of aromatic nitrogens is 2. The molecule has 0 unspecified atom stereocenters. The highest BCUT2D eigenvalue weighted by molar-refractivity contribution is 6.06. The van der Waals surface area contributed by atoms with Crippen LogP contribution < -0.4 is 4.74 Å². The van der Waals surface area contributed by atoms with Gasteiger partial charge in [0.2, 0.25) is 0 Å². The Balaban J connectivity index is 2.09. The molecule has 0 amide bonds. The summed E-state index contributed by atoms with van der Waals surface area (Å²) in [6, 6.07) is 7.90. The van der Waals surface area contributed by atoms with Gasteiger partial charge in [0.25, 0.3) is 0 Å². The Morgan fingerprint density at radius 2 is 2.24 bits per heavy atom. The second kappa shape index (κ2) is 6.88. The van der Waals surface area contributed by atoms with Crippen LogP contribution >= 0.6 is 0 Å². The van der Waals surface area contributed by atoms with E-state index in [-0.39, 0.29) is 11.8 Å². The molecule has 1 aromatic heterocycles. The summed E-state index contributed by atoms with van der Waals surface area (Å²) in [6.07, 6.45) is 6.72. The fraction of sp³-hybridized carbons (Fsp3) is 0.294. The zero-order valence-corrected chi connectivity index (χ0v) is 12.6. The molecule has 0 aliphatic heterocycles. The van der Waals surface area contributed by atoms with Crippen LogP contribution in [0.2, 0.25) is 0 Å². The van der Waals surface area contributed by atoms with E-state index in [0.717, 1.165) is 11.3 Å². The number of ketones is 1. The van der Waals surface area contributed by atoms with Gasteiger partial charge in [-0.25, -0.2) is 0 Å². The Hall–Kier alpha value is -2.36. The maximum absolute atomic E-state index is 12.1. The SMILES string of the molecule is CCOc1cccc(C=CC(=O)c2cnn(C(C)C)c2)c1. The van der Waals surface area contributed by atoms with Crippen LogP contribution in [0.5, 0.6) is 5.75 Å². The minimum Gasteiger partial charge on any atom is -0.494 e. The van der Waals surface area contributed by atoms with Crippen molar-refractivity contribution in [2.24, 2.45) is 0 Å². The first-order valence-electron chi connectivity index (χ1n) is 7.09. The average molecular weight is 284 g/mol. The van der Waals surface area contributed by atoms with Crippen molar-refractivity contribution < 1.29 is 9.53 Å². The molecule has 0 aliphatic rings. The zero-order valence-electron chi connectivity index (χ0n) is 12.6. The number of carbonyl (C=O) groups is 1. The lowest BCUT2D eigenvalue weighted by Gasteiger charge is -2.03. The number of allylic oxidation sites excluding steroid dienone is 1. The number of hydrogen-bond acceptors (Lipinski definition) is 3. The van der Waals surface area contributed by atoms with Crippen molar-refractivity contribution in [2.75, 3.05) is 6.61 Å². The first-order chi connectivity index (χ1) is 10.1. The van der Waals surface area contributed by atoms with Crippen molar-refractivity contribution >= 4 is 11.9 Å². The molecule has 2 aromatic rings. The van der Waals surface area contributed by atoms with Gasteiger partial charge in [-0.05, 0) is 44.5 Å². The molecule has 0 aliphatic carbocycles. The fourth-order valence-electron chi connectivity index (χ4n) is 1.89. The Morgan fingerprint density at radius 1 is 1.43 bits per heavy atom. The van der Waals surface area contributed by atoms with Crippen LogP contribution in [-0.4, -0.2) is 22.2 Å². The monoisotopic (exact) mass is 284 g/mol. The van der Waals surface area contributed by atoms with Gasteiger partial charge in [-0.2, -0.15) is 5.10 Å². The van der Waals surface area contributed by atoms with Crippen molar-refractivity contribution in [2.45, 2.75) is 26.8 Å². The summed E-state index contributed by atoms with van der Waals surface area (Å²) in [7, 11) is 0. The minimum absolute atomic E-state index is 0.0521. The molecule has 1 aromatic carbocycles. The Bertz CT molecular complexity index is 642. The van der Waals surface area contributed by atoms with E-state index in [1.165, 1.54) is 0 Å². The number of nitrogens with zero attached hydrogens (tertiary/aromatic N) is 2. The molecule has 0 atom stereocenters. The number of carbonyl (C=O) groups excluding carboxylic acids is 1. The third-order valence-corrected chi connectivity index (χ3v) is 3.01.